The molecule has 0 saturated carbocycles. The molecule has 0 atom stereocenters. The minimum absolute atomic E-state index is 0.987. The number of hydrogen-bond acceptors (Lipinski definition) is 3. The number of aromatic nitrogens is 3. The highest BCUT2D eigenvalue weighted by Crippen LogP contribution is 2.56. The molecule has 3 aromatic heterocycles. The third-order valence-corrected chi connectivity index (χ3v) is 32.5. The lowest BCUT2D eigenvalue weighted by molar-refractivity contribution is 1.33. The Kier molecular flexibility index (Phi) is 16.5. The van der Waals surface area contributed by atoms with Crippen LogP contribution in [0.5, 0.6) is 0 Å². The van der Waals surface area contributed by atoms with E-state index >= 15 is 0 Å². The molecule has 0 fully saturated rings. The van der Waals surface area contributed by atoms with Crippen molar-refractivity contribution in [3.8, 4) is 67.2 Å². The highest BCUT2D eigenvalue weighted by atomic mass is 14.7. The Morgan fingerprint density at radius 1 is 0.120 bits per heavy atom. The fourth-order valence-electron chi connectivity index (χ4n) is 26.5. The molecular weight excluding hydrogens is 1710 g/mol. The van der Waals surface area contributed by atoms with E-state index in [-0.39, 0.29) is 0 Å². The van der Waals surface area contributed by atoms with Crippen LogP contribution in [-0.2, 0) is 0 Å². The number of aryl methyl sites for hydroxylation is 4. The fourth-order valence-corrected chi connectivity index (χ4v) is 26.5. The minimum Gasteiger partial charge on any atom is -0.256 e. The fraction of sp³-hybridized carbons (Fsp3) is 0.0288. The van der Waals surface area contributed by atoms with Crippen molar-refractivity contribution in [1.29, 1.82) is 0 Å². The molecule has 0 bridgehead atoms. The predicted octanol–water partition coefficient (Wildman–Crippen LogP) is 38.8. The second-order valence-electron chi connectivity index (χ2n) is 39.7. The third-order valence-electron chi connectivity index (χ3n) is 32.5. The normalized spacial score (nSPS) is 12.4. The predicted molar refractivity (Wildman–Crippen MR) is 612 cm³/mol. The summed E-state index contributed by atoms with van der Waals surface area (Å²) < 4.78 is 0. The Labute approximate surface area is 815 Å². The lowest BCUT2D eigenvalue weighted by atomic mass is 9.86. The van der Waals surface area contributed by atoms with Crippen LogP contribution in [-0.4, -0.2) is 15.0 Å². The maximum absolute atomic E-state index is 4.90. The first kappa shape index (κ1) is 79.0. The average molecular weight is 1800 g/mol. The summed E-state index contributed by atoms with van der Waals surface area (Å²) in [6.07, 6.45) is 5.68. The van der Waals surface area contributed by atoms with Gasteiger partial charge in [-0.05, 0) is 451 Å². The van der Waals surface area contributed by atoms with Gasteiger partial charge < -0.3 is 0 Å². The summed E-state index contributed by atoms with van der Waals surface area (Å²) >= 11 is 0. The standard InChI is InChI=1S/2C47H29N.C45H25N/c1-26-10-7-11-27(2)45(26)43-24-38-34-17-8-14-31-28-12-3-4-13-29(28)42(47(31)34)25-40(38)39-22-37-35-20-19-30(44-18-5-6-21-48-44)32-15-9-16-33(46(32)35)36(37)23-41(39)43;1-26-10-7-11-27(2)45(26)34-19-20-35-37-22-39-40-25-43-29-13-4-3-12-28(29)30-14-8-17-33(47(30)43)38(40)24-42(44-18-5-6-21-48-44)41(39)23-36(37)32-16-9-15-31(34)46(32)35;1-2-13-28-27(12-1)31-18-9-19-34-38-22-35(29-14-3-4-15-30(29)43-20-5-6-21-46-43)39-23-36-32-16-7-10-26-11-8-17-33(44(26)32)37(36)24-40(39)41(38)25-42(28)45(31)34/h2*3-25H,1-2H3;1-25H. The van der Waals surface area contributed by atoms with E-state index in [0.29, 0.717) is 0 Å². The monoisotopic (exact) mass is 1790 g/mol. The maximum Gasteiger partial charge on any atom is 0.0708 e. The van der Waals surface area contributed by atoms with Gasteiger partial charge >= 0.3 is 0 Å². The molecule has 0 radical (unpaired) electrons. The second kappa shape index (κ2) is 29.7. The van der Waals surface area contributed by atoms with Crippen LogP contribution >= 0.6 is 0 Å². The zero-order chi connectivity index (χ0) is 93.3. The van der Waals surface area contributed by atoms with Crippen molar-refractivity contribution in [3.63, 3.8) is 0 Å². The smallest absolute Gasteiger partial charge is 0.0708 e. The SMILES string of the molecule is Cc1cccc(C)c1-c1cc2c(cc3c4ccccc4c4cccc2c43)c2cc3c(cc12)c1cccc2c(-c4ccccn4)ccc3c21.Cc1cccc(C)c1-c1ccc2c3cc4c(cc3c3cccc1c32)c(-c1ccccn1)cc1c4cc2c3ccccc3c3cccc1c32.c1ccc(-c2ccccc2-c2cc3c(cc4c5ccccc5c5cccc3c54)c3cc4c(cc23)c2cccc3cccc4c32)nc1. The molecule has 0 N–H and O–H groups in total. The minimum atomic E-state index is 0.987. The Bertz CT molecular complexity index is 11200. The van der Waals surface area contributed by atoms with Crippen LogP contribution < -0.4 is 0 Å². The summed E-state index contributed by atoms with van der Waals surface area (Å²) in [7, 11) is 0. The van der Waals surface area contributed by atoms with Crippen LogP contribution in [0.1, 0.15) is 22.3 Å². The lowest BCUT2D eigenvalue weighted by Gasteiger charge is -2.17. The molecule has 0 aliphatic rings. The van der Waals surface area contributed by atoms with Crippen molar-refractivity contribution < 1.29 is 0 Å². The van der Waals surface area contributed by atoms with E-state index in [4.69, 9.17) is 15.0 Å². The highest BCUT2D eigenvalue weighted by molar-refractivity contribution is 6.44. The zero-order valence-corrected chi connectivity index (χ0v) is 78.3. The Morgan fingerprint density at radius 2 is 0.352 bits per heavy atom. The van der Waals surface area contributed by atoms with Crippen LogP contribution in [0.15, 0.2) is 431 Å². The molecule has 0 aliphatic heterocycles. The molecule has 142 heavy (non-hydrogen) atoms. The van der Waals surface area contributed by atoms with E-state index in [1.807, 2.05) is 36.8 Å². The van der Waals surface area contributed by atoms with Gasteiger partial charge in [0, 0.05) is 35.3 Å². The molecule has 654 valence electrons. The summed E-state index contributed by atoms with van der Waals surface area (Å²) in [5.41, 5.74) is 19.5. The van der Waals surface area contributed by atoms with E-state index in [9.17, 15) is 0 Å². The van der Waals surface area contributed by atoms with E-state index in [2.05, 4.69) is 422 Å². The summed E-state index contributed by atoms with van der Waals surface area (Å²) in [5, 5.41) is 63.2. The summed E-state index contributed by atoms with van der Waals surface area (Å²) in [6.45, 7) is 8.97. The van der Waals surface area contributed by atoms with E-state index in [1.165, 1.54) is 325 Å². The van der Waals surface area contributed by atoms with Crippen LogP contribution in [0.3, 0.4) is 0 Å². The highest BCUT2D eigenvalue weighted by Gasteiger charge is 2.29. The summed E-state index contributed by atoms with van der Waals surface area (Å²) in [6, 6.07) is 154. The molecule has 0 aliphatic carbocycles. The zero-order valence-electron chi connectivity index (χ0n) is 78.3. The molecule has 0 saturated heterocycles. The topological polar surface area (TPSA) is 38.7 Å². The van der Waals surface area contributed by atoms with Crippen LogP contribution in [0.2, 0.25) is 0 Å². The molecular formula is C139H83N3. The van der Waals surface area contributed by atoms with Gasteiger partial charge in [-0.3, -0.25) is 15.0 Å². The van der Waals surface area contributed by atoms with E-state index in [1.54, 1.807) is 0 Å². The quantitative estimate of drug-likeness (QED) is 0.156. The Morgan fingerprint density at radius 3 is 0.754 bits per heavy atom. The van der Waals surface area contributed by atoms with Crippen molar-refractivity contribution in [2.45, 2.75) is 27.7 Å². The van der Waals surface area contributed by atoms with Gasteiger partial charge in [0.05, 0.1) is 17.1 Å². The molecule has 0 unspecified atom stereocenters. The number of fused-ring (bicyclic) bond motifs is 30. The molecule has 33 rings (SSSR count). The molecule has 3 heterocycles. The maximum atomic E-state index is 4.90. The molecule has 0 amide bonds. The molecule has 30 aromatic carbocycles. The lowest BCUT2D eigenvalue weighted by Crippen LogP contribution is -1.91. The van der Waals surface area contributed by atoms with Gasteiger partial charge in [-0.25, -0.2) is 0 Å². The average Bonchev–Trinajstić information content (AvgIpc) is 1.52. The Balaban J connectivity index is 0.0000000977. The first-order valence-electron chi connectivity index (χ1n) is 49.6. The van der Waals surface area contributed by atoms with Crippen LogP contribution in [0.25, 0.3) is 326 Å². The van der Waals surface area contributed by atoms with Gasteiger partial charge in [0.2, 0.25) is 0 Å². The first-order valence-corrected chi connectivity index (χ1v) is 49.6. The summed E-state index contributed by atoms with van der Waals surface area (Å²) in [4.78, 5) is 14.4. The third kappa shape index (κ3) is 11.0. The van der Waals surface area contributed by atoms with Gasteiger partial charge in [0.1, 0.15) is 0 Å². The van der Waals surface area contributed by atoms with Crippen molar-refractivity contribution in [1.82, 2.24) is 15.0 Å². The largest absolute Gasteiger partial charge is 0.256 e. The van der Waals surface area contributed by atoms with Gasteiger partial charge in [-0.2, -0.15) is 0 Å². The number of rotatable bonds is 6. The van der Waals surface area contributed by atoms with Crippen molar-refractivity contribution in [2.75, 3.05) is 0 Å². The molecule has 3 nitrogen and oxygen atoms in total. The van der Waals surface area contributed by atoms with Gasteiger partial charge in [0.15, 0.2) is 0 Å². The number of benzene rings is 24. The number of nitrogens with zero attached hydrogens (tertiary/aromatic N) is 3. The second-order valence-corrected chi connectivity index (χ2v) is 39.7. The number of hydrogen-bond donors (Lipinski definition) is 0. The van der Waals surface area contributed by atoms with Crippen molar-refractivity contribution >= 4 is 259 Å². The summed E-state index contributed by atoms with van der Waals surface area (Å²) in [5.74, 6) is 0. The van der Waals surface area contributed by atoms with Gasteiger partial charge in [0.25, 0.3) is 0 Å². The van der Waals surface area contributed by atoms with Gasteiger partial charge in [-0.15, -0.1) is 0 Å². The molecule has 0 spiro atoms. The van der Waals surface area contributed by atoms with Crippen LogP contribution in [0, 0.1) is 27.7 Å². The van der Waals surface area contributed by atoms with Gasteiger partial charge in [-0.1, -0.05) is 303 Å². The Hall–Kier alpha value is -18.2. The number of pyridine rings is 3. The molecule has 3 heteroatoms. The van der Waals surface area contributed by atoms with E-state index in [0.717, 1.165) is 22.6 Å². The molecule has 33 aromatic rings. The van der Waals surface area contributed by atoms with Crippen molar-refractivity contribution in [2.24, 2.45) is 0 Å². The van der Waals surface area contributed by atoms with E-state index < -0.39 is 0 Å². The first-order chi connectivity index (χ1) is 70.1. The van der Waals surface area contributed by atoms with Crippen LogP contribution in [0.4, 0.5) is 0 Å². The van der Waals surface area contributed by atoms with Crippen molar-refractivity contribution in [3.05, 3.63) is 453 Å².